The van der Waals surface area contributed by atoms with E-state index in [1.165, 1.54) is 45.2 Å². The van der Waals surface area contributed by atoms with Crippen molar-refractivity contribution in [1.82, 2.24) is 10.2 Å². The zero-order chi connectivity index (χ0) is 9.80. The highest BCUT2D eigenvalue weighted by Gasteiger charge is 2.16. The van der Waals surface area contributed by atoms with Crippen LogP contribution in [0.1, 0.15) is 32.1 Å². The predicted octanol–water partition coefficient (Wildman–Crippen LogP) is 1.78. The van der Waals surface area contributed by atoms with Gasteiger partial charge in [-0.1, -0.05) is 18.1 Å². The molecule has 1 aliphatic carbocycles. The maximum atomic E-state index is 3.62. The zero-order valence-corrected chi connectivity index (χ0v) is 9.26. The molecule has 2 nitrogen and oxygen atoms in total. The van der Waals surface area contributed by atoms with Gasteiger partial charge in [0.1, 0.15) is 0 Å². The summed E-state index contributed by atoms with van der Waals surface area (Å²) < 4.78 is 0. The molecule has 0 aromatic rings. The molecule has 0 saturated heterocycles. The monoisotopic (exact) mass is 194 g/mol. The predicted molar refractivity (Wildman–Crippen MR) is 60.5 cm³/mol. The van der Waals surface area contributed by atoms with Crippen molar-refractivity contribution in [2.45, 2.75) is 38.1 Å². The lowest BCUT2D eigenvalue weighted by Gasteiger charge is -2.27. The minimum atomic E-state index is 0.849. The van der Waals surface area contributed by atoms with E-state index in [1.807, 2.05) is 0 Å². The number of hydrogen-bond acceptors (Lipinski definition) is 2. The Labute approximate surface area is 87.4 Å². The van der Waals surface area contributed by atoms with Crippen molar-refractivity contribution in [3.8, 4) is 0 Å². The Hall–Kier alpha value is -0.340. The first-order valence-corrected chi connectivity index (χ1v) is 5.94. The summed E-state index contributed by atoms with van der Waals surface area (Å²) in [4.78, 5) is 2.38. The number of nitrogens with one attached hydrogen (secondary N) is 1. The Morgan fingerprint density at radius 2 is 2.36 bits per heavy atom. The fraction of sp³-hybridized carbons (Fsp3) is 0.833. The van der Waals surface area contributed by atoms with E-state index in [1.54, 1.807) is 5.57 Å². The maximum absolute atomic E-state index is 3.62. The third-order valence-electron chi connectivity index (χ3n) is 3.49. The van der Waals surface area contributed by atoms with Crippen LogP contribution in [-0.2, 0) is 0 Å². The van der Waals surface area contributed by atoms with E-state index in [0.717, 1.165) is 12.6 Å². The highest BCUT2D eigenvalue weighted by molar-refractivity contribution is 5.07. The Morgan fingerprint density at radius 1 is 1.50 bits per heavy atom. The Balaban J connectivity index is 1.60. The Morgan fingerprint density at radius 3 is 2.93 bits per heavy atom. The third kappa shape index (κ3) is 2.82. The smallest absolute Gasteiger partial charge is 0.0162 e. The van der Waals surface area contributed by atoms with Gasteiger partial charge in [-0.05, 0) is 39.3 Å². The molecule has 1 heterocycles. The molecule has 1 aliphatic heterocycles. The molecular weight excluding hydrogens is 172 g/mol. The molecule has 2 heteroatoms. The largest absolute Gasteiger partial charge is 0.314 e. The lowest BCUT2D eigenvalue weighted by atomic mass is 9.93. The van der Waals surface area contributed by atoms with Gasteiger partial charge < -0.3 is 10.2 Å². The van der Waals surface area contributed by atoms with Crippen molar-refractivity contribution in [1.29, 1.82) is 0 Å². The molecule has 0 atom stereocenters. The summed E-state index contributed by atoms with van der Waals surface area (Å²) in [6.45, 7) is 3.59. The van der Waals surface area contributed by atoms with Crippen molar-refractivity contribution in [3.63, 3.8) is 0 Å². The molecule has 0 spiro atoms. The second kappa shape index (κ2) is 4.94. The van der Waals surface area contributed by atoms with Crippen LogP contribution in [0.4, 0.5) is 0 Å². The minimum absolute atomic E-state index is 0.849. The van der Waals surface area contributed by atoms with Gasteiger partial charge >= 0.3 is 0 Å². The highest BCUT2D eigenvalue weighted by atomic mass is 15.1. The molecule has 0 bridgehead atoms. The summed E-state index contributed by atoms with van der Waals surface area (Å²) >= 11 is 0. The topological polar surface area (TPSA) is 15.3 Å². The van der Waals surface area contributed by atoms with E-state index in [-0.39, 0.29) is 0 Å². The van der Waals surface area contributed by atoms with Crippen LogP contribution in [0.25, 0.3) is 0 Å². The average Bonchev–Trinajstić information content (AvgIpc) is 2.12. The van der Waals surface area contributed by atoms with Crippen molar-refractivity contribution >= 4 is 0 Å². The van der Waals surface area contributed by atoms with Crippen LogP contribution in [0.5, 0.6) is 0 Å². The number of likely N-dealkylation sites (N-methyl/N-ethyl adjacent to an activating group) is 1. The lowest BCUT2D eigenvalue weighted by Crippen LogP contribution is -2.36. The first-order valence-electron chi connectivity index (χ1n) is 5.94. The standard InChI is InChI=1S/C12H22N2/c1-14-9-6-11(7-10-14)5-8-13-12-3-2-4-12/h6,12-13H,2-5,7-10H2,1H3. The number of nitrogens with zero attached hydrogens (tertiary/aromatic N) is 1. The summed E-state index contributed by atoms with van der Waals surface area (Å²) in [6.07, 6.45) is 9.20. The van der Waals surface area contributed by atoms with Crippen molar-refractivity contribution in [3.05, 3.63) is 11.6 Å². The molecule has 2 rings (SSSR count). The zero-order valence-electron chi connectivity index (χ0n) is 9.26. The van der Waals surface area contributed by atoms with Gasteiger partial charge in [-0.3, -0.25) is 0 Å². The third-order valence-corrected chi connectivity index (χ3v) is 3.49. The molecule has 0 amide bonds. The fourth-order valence-corrected chi connectivity index (χ4v) is 2.09. The first-order chi connectivity index (χ1) is 6.84. The van der Waals surface area contributed by atoms with E-state index in [9.17, 15) is 0 Å². The summed E-state index contributed by atoms with van der Waals surface area (Å²) in [5.74, 6) is 0. The molecule has 0 unspecified atom stereocenters. The van der Waals surface area contributed by atoms with Crippen LogP contribution in [0.2, 0.25) is 0 Å². The molecule has 1 fully saturated rings. The van der Waals surface area contributed by atoms with E-state index in [4.69, 9.17) is 0 Å². The van der Waals surface area contributed by atoms with Crippen LogP contribution in [0.15, 0.2) is 11.6 Å². The van der Waals surface area contributed by atoms with Crippen LogP contribution < -0.4 is 5.32 Å². The second-order valence-electron chi connectivity index (χ2n) is 4.71. The quantitative estimate of drug-likeness (QED) is 0.686. The average molecular weight is 194 g/mol. The van der Waals surface area contributed by atoms with Crippen LogP contribution in [-0.4, -0.2) is 37.6 Å². The van der Waals surface area contributed by atoms with E-state index in [2.05, 4.69) is 23.3 Å². The van der Waals surface area contributed by atoms with Crippen LogP contribution >= 0.6 is 0 Å². The van der Waals surface area contributed by atoms with Gasteiger partial charge in [0.05, 0.1) is 0 Å². The number of hydrogen-bond donors (Lipinski definition) is 1. The molecule has 0 aromatic carbocycles. The Bertz CT molecular complexity index is 206. The second-order valence-corrected chi connectivity index (χ2v) is 4.71. The van der Waals surface area contributed by atoms with Gasteiger partial charge in [-0.2, -0.15) is 0 Å². The molecule has 1 saturated carbocycles. The molecular formula is C12H22N2. The Kier molecular flexibility index (Phi) is 3.60. The fourth-order valence-electron chi connectivity index (χ4n) is 2.09. The van der Waals surface area contributed by atoms with E-state index in [0.29, 0.717) is 0 Å². The van der Waals surface area contributed by atoms with Crippen LogP contribution in [0.3, 0.4) is 0 Å². The van der Waals surface area contributed by atoms with Gasteiger partial charge in [0, 0.05) is 19.1 Å². The van der Waals surface area contributed by atoms with Gasteiger partial charge in [0.25, 0.3) is 0 Å². The summed E-state index contributed by atoms with van der Waals surface area (Å²) in [7, 11) is 2.19. The summed E-state index contributed by atoms with van der Waals surface area (Å²) in [5, 5.41) is 3.62. The van der Waals surface area contributed by atoms with Gasteiger partial charge in [-0.25, -0.2) is 0 Å². The van der Waals surface area contributed by atoms with Gasteiger partial charge in [0.2, 0.25) is 0 Å². The van der Waals surface area contributed by atoms with E-state index < -0.39 is 0 Å². The van der Waals surface area contributed by atoms with Crippen molar-refractivity contribution in [2.24, 2.45) is 0 Å². The first kappa shape index (κ1) is 10.2. The number of rotatable bonds is 4. The SMILES string of the molecule is CN1CC=C(CCNC2CCC2)CC1. The summed E-state index contributed by atoms with van der Waals surface area (Å²) in [5.41, 5.74) is 1.66. The molecule has 80 valence electrons. The van der Waals surface area contributed by atoms with E-state index >= 15 is 0 Å². The molecule has 0 aromatic heterocycles. The van der Waals surface area contributed by atoms with Gasteiger partial charge in [-0.15, -0.1) is 0 Å². The lowest BCUT2D eigenvalue weighted by molar-refractivity contribution is 0.334. The van der Waals surface area contributed by atoms with Crippen molar-refractivity contribution < 1.29 is 0 Å². The molecule has 1 N–H and O–H groups in total. The molecule has 14 heavy (non-hydrogen) atoms. The van der Waals surface area contributed by atoms with Crippen LogP contribution in [0, 0.1) is 0 Å². The minimum Gasteiger partial charge on any atom is -0.314 e. The van der Waals surface area contributed by atoms with Crippen molar-refractivity contribution in [2.75, 3.05) is 26.7 Å². The molecule has 2 aliphatic rings. The van der Waals surface area contributed by atoms with Gasteiger partial charge in [0.15, 0.2) is 0 Å². The maximum Gasteiger partial charge on any atom is 0.0162 e. The highest BCUT2D eigenvalue weighted by Crippen LogP contribution is 2.18. The summed E-state index contributed by atoms with van der Waals surface area (Å²) in [6, 6.07) is 0.849. The normalized spacial score (nSPS) is 24.5. The molecule has 0 radical (unpaired) electrons.